The zero-order chi connectivity index (χ0) is 19.5. The molecule has 0 saturated carbocycles. The number of fused-ring (bicyclic) bond motifs is 2. The highest BCUT2D eigenvalue weighted by Gasteiger charge is 2.14. The van der Waals surface area contributed by atoms with Gasteiger partial charge in [0.2, 0.25) is 0 Å². The van der Waals surface area contributed by atoms with Crippen molar-refractivity contribution in [3.05, 3.63) is 71.1 Å². The smallest absolute Gasteiger partial charge is 0.261 e. The van der Waals surface area contributed by atoms with E-state index in [-0.39, 0.29) is 11.9 Å². The van der Waals surface area contributed by atoms with Crippen LogP contribution in [0.4, 0.5) is 0 Å². The third kappa shape index (κ3) is 3.99. The topological polar surface area (TPSA) is 51.2 Å². The van der Waals surface area contributed by atoms with E-state index in [1.807, 2.05) is 49.4 Å². The van der Waals surface area contributed by atoms with Crippen LogP contribution in [0.2, 0.25) is 0 Å². The molecule has 0 unspecified atom stereocenters. The summed E-state index contributed by atoms with van der Waals surface area (Å²) in [6, 6.07) is 20.3. The average molecular weight is 391 g/mol. The summed E-state index contributed by atoms with van der Waals surface area (Å²) in [5.41, 5.74) is 2.16. The van der Waals surface area contributed by atoms with E-state index in [4.69, 9.17) is 9.72 Å². The second-order valence-electron chi connectivity index (χ2n) is 6.95. The summed E-state index contributed by atoms with van der Waals surface area (Å²) in [7, 11) is 1.65. The van der Waals surface area contributed by atoms with Crippen LogP contribution >= 0.6 is 11.3 Å². The highest BCUT2D eigenvalue weighted by Crippen LogP contribution is 2.29. The number of aromatic nitrogens is 1. The molecule has 2 aromatic carbocycles. The van der Waals surface area contributed by atoms with E-state index in [9.17, 15) is 4.79 Å². The first-order valence-corrected chi connectivity index (χ1v) is 10.2. The first kappa shape index (κ1) is 18.4. The highest BCUT2D eigenvalue weighted by molar-refractivity contribution is 7.20. The molecular weight excluding hydrogens is 368 g/mol. The second kappa shape index (κ2) is 7.98. The molecule has 0 radical (unpaired) electrons. The highest BCUT2D eigenvalue weighted by atomic mass is 32.1. The molecule has 1 N–H and O–H groups in total. The first-order chi connectivity index (χ1) is 13.6. The number of carbonyl (C=O) groups is 1. The molecule has 0 spiro atoms. The number of thiophene rings is 1. The number of pyridine rings is 1. The van der Waals surface area contributed by atoms with E-state index in [0.29, 0.717) is 4.88 Å². The number of rotatable bonds is 6. The standard InChI is InChI=1S/C23H22N2O2S/c1-15(8-9-16-6-4-3-5-7-16)24-22(26)21-13-18-12-17-10-11-19(27-2)14-20(17)25-23(18)28-21/h3-7,10-15H,8-9H2,1-2H3,(H,24,26)/t15-/m1/s1. The van der Waals surface area contributed by atoms with Gasteiger partial charge in [0, 0.05) is 22.9 Å². The lowest BCUT2D eigenvalue weighted by molar-refractivity contribution is 0.0942. The molecule has 0 aliphatic heterocycles. The number of hydrogen-bond acceptors (Lipinski definition) is 4. The summed E-state index contributed by atoms with van der Waals surface area (Å²) in [4.78, 5) is 18.9. The minimum Gasteiger partial charge on any atom is -0.497 e. The summed E-state index contributed by atoms with van der Waals surface area (Å²) in [6.45, 7) is 2.05. The molecule has 0 aliphatic carbocycles. The molecule has 2 heterocycles. The quantitative estimate of drug-likeness (QED) is 0.492. The molecule has 0 fully saturated rings. The van der Waals surface area contributed by atoms with Crippen LogP contribution in [-0.4, -0.2) is 24.0 Å². The van der Waals surface area contributed by atoms with Gasteiger partial charge in [0.05, 0.1) is 17.5 Å². The Bertz CT molecular complexity index is 1120. The maximum Gasteiger partial charge on any atom is 0.261 e. The van der Waals surface area contributed by atoms with E-state index in [1.165, 1.54) is 16.9 Å². The fourth-order valence-electron chi connectivity index (χ4n) is 3.24. The normalized spacial score (nSPS) is 12.2. The summed E-state index contributed by atoms with van der Waals surface area (Å²) in [6.07, 6.45) is 1.85. The summed E-state index contributed by atoms with van der Waals surface area (Å²) in [5, 5.41) is 5.14. The Kier molecular flexibility index (Phi) is 5.26. The molecule has 0 aliphatic rings. The van der Waals surface area contributed by atoms with Crippen molar-refractivity contribution in [1.82, 2.24) is 10.3 Å². The van der Waals surface area contributed by atoms with Gasteiger partial charge in [-0.2, -0.15) is 0 Å². The summed E-state index contributed by atoms with van der Waals surface area (Å²) in [5.74, 6) is 0.742. The molecular formula is C23H22N2O2S. The van der Waals surface area contributed by atoms with Gasteiger partial charge in [-0.25, -0.2) is 4.98 Å². The lowest BCUT2D eigenvalue weighted by Crippen LogP contribution is -2.32. The summed E-state index contributed by atoms with van der Waals surface area (Å²) < 4.78 is 5.28. The Balaban J connectivity index is 1.48. The lowest BCUT2D eigenvalue weighted by atomic mass is 10.1. The van der Waals surface area contributed by atoms with Gasteiger partial charge in [-0.1, -0.05) is 30.3 Å². The van der Waals surface area contributed by atoms with Crippen LogP contribution in [0.25, 0.3) is 21.1 Å². The molecule has 0 bridgehead atoms. The molecule has 4 rings (SSSR count). The van der Waals surface area contributed by atoms with Gasteiger partial charge < -0.3 is 10.1 Å². The van der Waals surface area contributed by atoms with Crippen LogP contribution in [0.15, 0.2) is 60.7 Å². The van der Waals surface area contributed by atoms with Gasteiger partial charge >= 0.3 is 0 Å². The molecule has 1 amide bonds. The van der Waals surface area contributed by atoms with Gasteiger partial charge in [-0.15, -0.1) is 11.3 Å². The van der Waals surface area contributed by atoms with Crippen molar-refractivity contribution < 1.29 is 9.53 Å². The van der Waals surface area contributed by atoms with Crippen molar-refractivity contribution in [2.45, 2.75) is 25.8 Å². The Morgan fingerprint density at radius 2 is 1.93 bits per heavy atom. The fourth-order valence-corrected chi connectivity index (χ4v) is 4.16. The van der Waals surface area contributed by atoms with Gasteiger partial charge in [0.1, 0.15) is 10.6 Å². The molecule has 4 nitrogen and oxygen atoms in total. The molecule has 142 valence electrons. The predicted molar refractivity (Wildman–Crippen MR) is 115 cm³/mol. The monoisotopic (exact) mass is 390 g/mol. The largest absolute Gasteiger partial charge is 0.497 e. The molecule has 1 atom stereocenters. The Labute approximate surface area is 168 Å². The van der Waals surface area contributed by atoms with E-state index < -0.39 is 0 Å². The SMILES string of the molecule is COc1ccc2cc3cc(C(=O)N[C@H](C)CCc4ccccc4)sc3nc2c1. The maximum atomic E-state index is 12.7. The zero-order valence-corrected chi connectivity index (χ0v) is 16.8. The van der Waals surface area contributed by atoms with Gasteiger partial charge in [0.25, 0.3) is 5.91 Å². The molecule has 5 heteroatoms. The van der Waals surface area contributed by atoms with Gasteiger partial charge in [-0.05, 0) is 49.6 Å². The van der Waals surface area contributed by atoms with Crippen LogP contribution in [-0.2, 0) is 6.42 Å². The third-order valence-electron chi connectivity index (χ3n) is 4.82. The average Bonchev–Trinajstić information content (AvgIpc) is 3.14. The number of amides is 1. The van der Waals surface area contributed by atoms with Crippen molar-refractivity contribution in [2.24, 2.45) is 0 Å². The fraction of sp³-hybridized carbons (Fsp3) is 0.217. The number of ether oxygens (including phenoxy) is 1. The number of carbonyl (C=O) groups excluding carboxylic acids is 1. The predicted octanol–water partition coefficient (Wildman–Crippen LogP) is 5.21. The third-order valence-corrected chi connectivity index (χ3v) is 5.86. The van der Waals surface area contributed by atoms with Crippen LogP contribution in [0.1, 0.15) is 28.6 Å². The molecule has 4 aromatic rings. The van der Waals surface area contributed by atoms with Crippen LogP contribution in [0, 0.1) is 0 Å². The number of nitrogens with zero attached hydrogens (tertiary/aromatic N) is 1. The maximum absolute atomic E-state index is 12.7. The van der Waals surface area contributed by atoms with E-state index in [1.54, 1.807) is 7.11 Å². The lowest BCUT2D eigenvalue weighted by Gasteiger charge is -2.13. The van der Waals surface area contributed by atoms with Gasteiger partial charge in [-0.3, -0.25) is 4.79 Å². The number of nitrogens with one attached hydrogen (secondary N) is 1. The number of benzene rings is 2. The van der Waals surface area contributed by atoms with Gasteiger partial charge in [0.15, 0.2) is 0 Å². The second-order valence-corrected chi connectivity index (χ2v) is 7.98. The molecule has 28 heavy (non-hydrogen) atoms. The number of aryl methyl sites for hydroxylation is 1. The van der Waals surface area contributed by atoms with Crippen molar-refractivity contribution in [3.8, 4) is 5.75 Å². The van der Waals surface area contributed by atoms with E-state index >= 15 is 0 Å². The van der Waals surface area contributed by atoms with Crippen LogP contribution < -0.4 is 10.1 Å². The Morgan fingerprint density at radius 1 is 1.11 bits per heavy atom. The van der Waals surface area contributed by atoms with Crippen LogP contribution in [0.3, 0.4) is 0 Å². The Morgan fingerprint density at radius 3 is 2.71 bits per heavy atom. The summed E-state index contributed by atoms with van der Waals surface area (Å²) >= 11 is 1.43. The zero-order valence-electron chi connectivity index (χ0n) is 15.9. The van der Waals surface area contributed by atoms with E-state index in [0.717, 1.165) is 39.7 Å². The number of hydrogen-bond donors (Lipinski definition) is 1. The van der Waals surface area contributed by atoms with Crippen LogP contribution in [0.5, 0.6) is 5.75 Å². The van der Waals surface area contributed by atoms with Crippen molar-refractivity contribution in [1.29, 1.82) is 0 Å². The molecule has 2 aromatic heterocycles. The van der Waals surface area contributed by atoms with E-state index in [2.05, 4.69) is 23.5 Å². The first-order valence-electron chi connectivity index (χ1n) is 9.35. The Hall–Kier alpha value is -2.92. The number of methoxy groups -OCH3 is 1. The minimum absolute atomic E-state index is 0.0369. The minimum atomic E-state index is -0.0369. The van der Waals surface area contributed by atoms with Crippen molar-refractivity contribution >= 4 is 38.4 Å². The molecule has 0 saturated heterocycles. The van der Waals surface area contributed by atoms with Crippen molar-refractivity contribution in [2.75, 3.05) is 7.11 Å². The van der Waals surface area contributed by atoms with Crippen molar-refractivity contribution in [3.63, 3.8) is 0 Å².